The molecule has 1 aromatic carbocycles. The zero-order valence-electron chi connectivity index (χ0n) is 15.5. The third kappa shape index (κ3) is 5.09. The van der Waals surface area contributed by atoms with Crippen LogP contribution in [0.5, 0.6) is 0 Å². The second-order valence-electron chi connectivity index (χ2n) is 6.33. The van der Waals surface area contributed by atoms with Gasteiger partial charge < -0.3 is 13.8 Å². The highest BCUT2D eigenvalue weighted by molar-refractivity contribution is 14.2. The van der Waals surface area contributed by atoms with E-state index in [2.05, 4.69) is 55.8 Å². The Hall–Kier alpha value is 0.635. The first-order valence-electron chi connectivity index (χ1n) is 8.09. The van der Waals surface area contributed by atoms with Gasteiger partial charge in [-0.1, -0.05) is 19.9 Å². The van der Waals surface area contributed by atoms with Crippen LogP contribution >= 0.6 is 40.4 Å². The van der Waals surface area contributed by atoms with Crippen LogP contribution in [0.4, 0.5) is 0 Å². The Balaban J connectivity index is 0.00000139. The lowest BCUT2D eigenvalue weighted by atomic mass is 9.75. The molecule has 1 fully saturated rings. The topological polar surface area (TPSA) is 53.7 Å². The highest BCUT2D eigenvalue weighted by Gasteiger charge is 2.52. The summed E-state index contributed by atoms with van der Waals surface area (Å²) in [6.45, 7) is 14.7. The summed E-state index contributed by atoms with van der Waals surface area (Å²) >= 11 is 3.46. The monoisotopic (exact) mass is 483 g/mol. The van der Waals surface area contributed by atoms with Crippen LogP contribution in [-0.2, 0) is 13.8 Å². The van der Waals surface area contributed by atoms with Crippen molar-refractivity contribution < 1.29 is 13.8 Å². The van der Waals surface area contributed by atoms with Crippen molar-refractivity contribution in [3.8, 4) is 0 Å². The first kappa shape index (κ1) is 22.7. The standard InChI is InChI=1S/C14H22BINO3PS.C2H6/c1-9(18-21-16)11-8-10(22-17)6-7-12(11)15-19-13(2,3)14(4,5)20-15;1-2/h6-9,21H,17H2,1-5H3;1-2H3. The van der Waals surface area contributed by atoms with E-state index in [4.69, 9.17) is 19.0 Å². The fraction of sp³-hybridized carbons (Fsp3) is 0.625. The van der Waals surface area contributed by atoms with Crippen LogP contribution in [0.1, 0.15) is 60.1 Å². The Morgan fingerprint density at radius 2 is 1.75 bits per heavy atom. The summed E-state index contributed by atoms with van der Waals surface area (Å²) in [5.74, 6) is 0. The van der Waals surface area contributed by atoms with Gasteiger partial charge in [0.15, 0.2) is 0 Å². The minimum absolute atomic E-state index is 0.0312. The quantitative estimate of drug-likeness (QED) is 0.277. The van der Waals surface area contributed by atoms with E-state index in [1.165, 1.54) is 11.9 Å². The Kier molecular flexibility index (Phi) is 9.01. The lowest BCUT2D eigenvalue weighted by Crippen LogP contribution is -2.41. The molecule has 2 rings (SSSR count). The Morgan fingerprint density at radius 1 is 1.21 bits per heavy atom. The molecule has 1 saturated heterocycles. The molecule has 136 valence electrons. The molecule has 1 aliphatic rings. The smallest absolute Gasteiger partial charge is 0.399 e. The van der Waals surface area contributed by atoms with E-state index in [-0.39, 0.29) is 24.4 Å². The second kappa shape index (κ2) is 9.54. The minimum atomic E-state index is -0.389. The number of benzene rings is 1. The summed E-state index contributed by atoms with van der Waals surface area (Å²) in [6, 6.07) is 6.09. The third-order valence-corrected chi connectivity index (χ3v) is 6.09. The molecule has 0 bridgehead atoms. The molecule has 0 amide bonds. The summed E-state index contributed by atoms with van der Waals surface area (Å²) in [4.78, 5) is 1.00. The molecule has 4 nitrogen and oxygen atoms in total. The van der Waals surface area contributed by atoms with Crippen LogP contribution in [0, 0.1) is 0 Å². The van der Waals surface area contributed by atoms with E-state index in [9.17, 15) is 0 Å². The average molecular weight is 483 g/mol. The van der Waals surface area contributed by atoms with Gasteiger partial charge in [0.1, 0.15) is 0 Å². The van der Waals surface area contributed by atoms with Crippen LogP contribution in [0.3, 0.4) is 0 Å². The first-order chi connectivity index (χ1) is 11.2. The molecule has 1 heterocycles. The molecular weight excluding hydrogens is 455 g/mol. The lowest BCUT2D eigenvalue weighted by molar-refractivity contribution is 0.00578. The van der Waals surface area contributed by atoms with Gasteiger partial charge in [0.25, 0.3) is 0 Å². The van der Waals surface area contributed by atoms with Crippen molar-refractivity contribution in [2.24, 2.45) is 5.14 Å². The van der Waals surface area contributed by atoms with E-state index in [1.54, 1.807) is 0 Å². The summed E-state index contributed by atoms with van der Waals surface area (Å²) in [5.41, 5.74) is 1.37. The molecule has 1 aliphatic heterocycles. The average Bonchev–Trinajstić information content (AvgIpc) is 2.77. The normalized spacial score (nSPS) is 20.1. The maximum absolute atomic E-state index is 6.18. The number of nitrogens with two attached hydrogens (primary N) is 1. The molecule has 24 heavy (non-hydrogen) atoms. The van der Waals surface area contributed by atoms with Crippen LogP contribution in [-0.4, -0.2) is 18.3 Å². The van der Waals surface area contributed by atoms with Gasteiger partial charge in [-0.2, -0.15) is 0 Å². The molecule has 0 radical (unpaired) electrons. The van der Waals surface area contributed by atoms with E-state index in [1.807, 2.05) is 32.9 Å². The Morgan fingerprint density at radius 3 is 2.21 bits per heavy atom. The predicted molar refractivity (Wildman–Crippen MR) is 115 cm³/mol. The molecule has 0 saturated carbocycles. The van der Waals surface area contributed by atoms with Crippen molar-refractivity contribution in [3.63, 3.8) is 0 Å². The molecule has 0 aliphatic carbocycles. The first-order valence-corrected chi connectivity index (χ1v) is 13.0. The summed E-state index contributed by atoms with van der Waals surface area (Å²) in [6.07, 6.45) is -0.0312. The molecule has 1 aromatic rings. The van der Waals surface area contributed by atoms with Gasteiger partial charge in [-0.15, -0.1) is 0 Å². The molecular formula is C16H28BINO3PS. The number of rotatable bonds is 5. The molecule has 0 aromatic heterocycles. The number of hydrogen-bond acceptors (Lipinski definition) is 5. The van der Waals surface area contributed by atoms with Crippen LogP contribution < -0.4 is 10.6 Å². The van der Waals surface area contributed by atoms with E-state index >= 15 is 0 Å². The van der Waals surface area contributed by atoms with Gasteiger partial charge in [-0.25, -0.2) is 0 Å². The zero-order chi connectivity index (χ0) is 18.5. The summed E-state index contributed by atoms with van der Waals surface area (Å²) < 4.78 is 18.1. The Labute approximate surface area is 166 Å². The largest absolute Gasteiger partial charge is 0.495 e. The molecule has 2 atom stereocenters. The summed E-state index contributed by atoms with van der Waals surface area (Å²) in [7, 11) is -0.389. The van der Waals surface area contributed by atoms with Crippen molar-refractivity contribution in [1.82, 2.24) is 0 Å². The van der Waals surface area contributed by atoms with Crippen LogP contribution in [0.2, 0.25) is 0 Å². The Bertz CT molecular complexity index is 532. The predicted octanol–water partition coefficient (Wildman–Crippen LogP) is 5.00. The third-order valence-electron chi connectivity index (χ3n) is 4.36. The lowest BCUT2D eigenvalue weighted by Gasteiger charge is -2.32. The van der Waals surface area contributed by atoms with Gasteiger partial charge in [-0.3, -0.25) is 5.14 Å². The van der Waals surface area contributed by atoms with Gasteiger partial charge in [0.05, 0.1) is 23.8 Å². The second-order valence-corrected chi connectivity index (χ2v) is 8.75. The SMILES string of the molecule is CC.CC(OPI)c1cc(SN)ccc1B1OC(C)(C)C(C)(C)O1. The van der Waals surface area contributed by atoms with Gasteiger partial charge in [-0.05, 0) is 91.8 Å². The van der Waals surface area contributed by atoms with Gasteiger partial charge in [0, 0.05) is 4.90 Å². The van der Waals surface area contributed by atoms with E-state index in [0.717, 1.165) is 15.9 Å². The van der Waals surface area contributed by atoms with E-state index in [0.29, 0.717) is 6.45 Å². The van der Waals surface area contributed by atoms with Gasteiger partial charge in [0.2, 0.25) is 0 Å². The fourth-order valence-electron chi connectivity index (χ4n) is 2.29. The number of hydrogen-bond donors (Lipinski definition) is 1. The molecule has 2 N–H and O–H groups in total. The minimum Gasteiger partial charge on any atom is -0.399 e. The van der Waals surface area contributed by atoms with Crippen molar-refractivity contribution in [2.45, 2.75) is 70.7 Å². The zero-order valence-corrected chi connectivity index (χ0v) is 19.4. The van der Waals surface area contributed by atoms with Crippen molar-refractivity contribution in [1.29, 1.82) is 0 Å². The molecule has 0 spiro atoms. The maximum Gasteiger partial charge on any atom is 0.495 e. The maximum atomic E-state index is 6.18. The van der Waals surface area contributed by atoms with Gasteiger partial charge >= 0.3 is 7.12 Å². The fourth-order valence-corrected chi connectivity index (χ4v) is 4.04. The molecule has 8 heteroatoms. The molecule has 2 unspecified atom stereocenters. The highest BCUT2D eigenvalue weighted by Crippen LogP contribution is 2.38. The number of halogens is 1. The van der Waals surface area contributed by atoms with Crippen LogP contribution in [0.15, 0.2) is 23.1 Å². The van der Waals surface area contributed by atoms with E-state index < -0.39 is 0 Å². The van der Waals surface area contributed by atoms with Crippen LogP contribution in [0.25, 0.3) is 0 Å². The summed E-state index contributed by atoms with van der Waals surface area (Å²) in [5, 5.41) is 5.70. The van der Waals surface area contributed by atoms with Crippen molar-refractivity contribution in [2.75, 3.05) is 0 Å². The van der Waals surface area contributed by atoms with Crippen molar-refractivity contribution >= 4 is 53.0 Å². The van der Waals surface area contributed by atoms with Crippen molar-refractivity contribution in [3.05, 3.63) is 23.8 Å². The highest BCUT2D eigenvalue weighted by atomic mass is 127.